The van der Waals surface area contributed by atoms with E-state index >= 15 is 0 Å². The number of nitrogens with zero attached hydrogens (tertiary/aromatic N) is 3. The topological polar surface area (TPSA) is 59.8 Å². The molecule has 2 atom stereocenters. The van der Waals surface area contributed by atoms with Gasteiger partial charge in [0.15, 0.2) is 11.0 Å². The Balaban J connectivity index is 1.46. The third-order valence-electron chi connectivity index (χ3n) is 5.61. The van der Waals surface area contributed by atoms with Crippen molar-refractivity contribution in [2.45, 2.75) is 50.4 Å². The summed E-state index contributed by atoms with van der Waals surface area (Å²) < 4.78 is 16.0. The monoisotopic (exact) mass is 424 g/mol. The number of benzene rings is 2. The smallest absolute Gasteiger partial charge is 0.230 e. The summed E-state index contributed by atoms with van der Waals surface area (Å²) in [6.07, 6.45) is 2.32. The lowest BCUT2D eigenvalue weighted by Crippen LogP contribution is -2.28. The van der Waals surface area contributed by atoms with Gasteiger partial charge >= 0.3 is 0 Å². The number of carbonyl (C=O) groups excluding carboxylic acids is 1. The van der Waals surface area contributed by atoms with E-state index in [-0.39, 0.29) is 29.6 Å². The summed E-state index contributed by atoms with van der Waals surface area (Å²) in [5.41, 5.74) is 2.62. The van der Waals surface area contributed by atoms with Crippen LogP contribution >= 0.6 is 11.8 Å². The van der Waals surface area contributed by atoms with Crippen LogP contribution in [-0.2, 0) is 11.2 Å². The lowest BCUT2D eigenvalue weighted by Gasteiger charge is -2.17. The van der Waals surface area contributed by atoms with E-state index in [9.17, 15) is 9.18 Å². The largest absolute Gasteiger partial charge is 0.349 e. The number of nitrogens with one attached hydrogen (secondary N) is 1. The predicted octanol–water partition coefficient (Wildman–Crippen LogP) is 4.95. The molecule has 1 aliphatic rings. The van der Waals surface area contributed by atoms with Crippen LogP contribution in [0.3, 0.4) is 0 Å². The van der Waals surface area contributed by atoms with Crippen molar-refractivity contribution in [2.75, 3.05) is 5.75 Å². The molecule has 1 aliphatic carbocycles. The first kappa shape index (κ1) is 20.6. The normalized spacial score (nSPS) is 16.3. The van der Waals surface area contributed by atoms with Gasteiger partial charge in [-0.2, -0.15) is 0 Å². The maximum Gasteiger partial charge on any atom is 0.230 e. The second-order valence-corrected chi connectivity index (χ2v) is 8.50. The van der Waals surface area contributed by atoms with Crippen molar-refractivity contribution in [2.24, 2.45) is 0 Å². The third-order valence-corrected chi connectivity index (χ3v) is 6.55. The number of fused-ring (bicyclic) bond motifs is 1. The summed E-state index contributed by atoms with van der Waals surface area (Å²) in [5, 5.41) is 12.5. The van der Waals surface area contributed by atoms with Gasteiger partial charge in [0.1, 0.15) is 5.82 Å². The van der Waals surface area contributed by atoms with Crippen molar-refractivity contribution < 1.29 is 9.18 Å². The fourth-order valence-electron chi connectivity index (χ4n) is 3.87. The number of amides is 1. The van der Waals surface area contributed by atoms with Crippen LogP contribution in [0, 0.1) is 5.82 Å². The standard InChI is InChI=1S/C23H25FN4OS/c1-3-15(2)28-22(16-8-5-4-6-9-16)26-27-23(28)30-14-21(29)25-20-13-12-17-18(20)10-7-11-19(17)24/h4-11,15,20H,3,12-14H2,1-2H3,(H,25,29). The molecule has 1 aromatic heterocycles. The zero-order valence-electron chi connectivity index (χ0n) is 17.1. The molecule has 1 N–H and O–H groups in total. The molecule has 0 bridgehead atoms. The molecule has 1 amide bonds. The van der Waals surface area contributed by atoms with Crippen molar-refractivity contribution in [3.05, 3.63) is 65.5 Å². The van der Waals surface area contributed by atoms with Crippen LogP contribution in [0.5, 0.6) is 0 Å². The highest BCUT2D eigenvalue weighted by Crippen LogP contribution is 2.33. The number of hydrogen-bond acceptors (Lipinski definition) is 4. The summed E-state index contributed by atoms with van der Waals surface area (Å²) in [7, 11) is 0. The number of carbonyl (C=O) groups is 1. The number of rotatable bonds is 7. The van der Waals surface area contributed by atoms with Crippen molar-refractivity contribution in [3.63, 3.8) is 0 Å². The van der Waals surface area contributed by atoms with Crippen LogP contribution in [0.1, 0.15) is 49.9 Å². The number of thioether (sulfide) groups is 1. The molecule has 1 heterocycles. The van der Waals surface area contributed by atoms with Gasteiger partial charge in [-0.1, -0.05) is 61.2 Å². The van der Waals surface area contributed by atoms with Crippen LogP contribution in [0.4, 0.5) is 4.39 Å². The zero-order chi connectivity index (χ0) is 21.1. The highest BCUT2D eigenvalue weighted by atomic mass is 32.2. The molecular formula is C23H25FN4OS. The van der Waals surface area contributed by atoms with Gasteiger partial charge in [-0.15, -0.1) is 10.2 Å². The number of halogens is 1. The van der Waals surface area contributed by atoms with Gasteiger partial charge in [-0.25, -0.2) is 4.39 Å². The molecule has 0 aliphatic heterocycles. The Morgan fingerprint density at radius 3 is 2.80 bits per heavy atom. The van der Waals surface area contributed by atoms with Crippen LogP contribution in [0.25, 0.3) is 11.4 Å². The third kappa shape index (κ3) is 4.12. The van der Waals surface area contributed by atoms with Crippen molar-refractivity contribution in [1.29, 1.82) is 0 Å². The van der Waals surface area contributed by atoms with Crippen molar-refractivity contribution in [1.82, 2.24) is 20.1 Å². The Kier molecular flexibility index (Phi) is 6.18. The van der Waals surface area contributed by atoms with Gasteiger partial charge in [0.05, 0.1) is 11.8 Å². The molecule has 7 heteroatoms. The quantitative estimate of drug-likeness (QED) is 0.545. The van der Waals surface area contributed by atoms with Crippen molar-refractivity contribution in [3.8, 4) is 11.4 Å². The average Bonchev–Trinajstić information content (AvgIpc) is 3.38. The predicted molar refractivity (Wildman–Crippen MR) is 117 cm³/mol. The Morgan fingerprint density at radius 1 is 1.23 bits per heavy atom. The SMILES string of the molecule is CCC(C)n1c(SCC(=O)NC2CCc3c(F)cccc32)nnc1-c1ccccc1. The fraction of sp³-hybridized carbons (Fsp3) is 0.348. The van der Waals surface area contributed by atoms with Crippen molar-refractivity contribution >= 4 is 17.7 Å². The second kappa shape index (κ2) is 9.00. The Labute approximate surface area is 180 Å². The molecule has 0 saturated carbocycles. The Morgan fingerprint density at radius 2 is 2.03 bits per heavy atom. The minimum atomic E-state index is -0.186. The molecule has 2 aromatic carbocycles. The highest BCUT2D eigenvalue weighted by Gasteiger charge is 2.26. The second-order valence-electron chi connectivity index (χ2n) is 7.55. The Bertz CT molecular complexity index is 1040. The maximum absolute atomic E-state index is 13.9. The van der Waals surface area contributed by atoms with E-state index in [0.717, 1.165) is 40.5 Å². The molecule has 2 unspecified atom stereocenters. The molecule has 0 fully saturated rings. The molecule has 3 aromatic rings. The van der Waals surface area contributed by atoms with Crippen LogP contribution < -0.4 is 5.32 Å². The van der Waals surface area contributed by atoms with Gasteiger partial charge in [0.2, 0.25) is 5.91 Å². The summed E-state index contributed by atoms with van der Waals surface area (Å²) in [5.74, 6) is 0.786. The molecule has 30 heavy (non-hydrogen) atoms. The van der Waals surface area contributed by atoms with Crippen LogP contribution in [-0.4, -0.2) is 26.4 Å². The molecule has 156 valence electrons. The van der Waals surface area contributed by atoms with Crippen LogP contribution in [0.2, 0.25) is 0 Å². The van der Waals surface area contributed by atoms with Gasteiger partial charge < -0.3 is 5.32 Å². The Hall–Kier alpha value is -2.67. The molecular weight excluding hydrogens is 399 g/mol. The maximum atomic E-state index is 13.9. The summed E-state index contributed by atoms with van der Waals surface area (Å²) >= 11 is 1.39. The van der Waals surface area contributed by atoms with Gasteiger partial charge in [-0.05, 0) is 43.4 Å². The van der Waals surface area contributed by atoms with Gasteiger partial charge in [0.25, 0.3) is 0 Å². The first-order valence-corrected chi connectivity index (χ1v) is 11.3. The summed E-state index contributed by atoms with van der Waals surface area (Å²) in [6.45, 7) is 4.25. The average molecular weight is 425 g/mol. The minimum absolute atomic E-state index is 0.0814. The van der Waals surface area contributed by atoms with Crippen LogP contribution in [0.15, 0.2) is 53.7 Å². The zero-order valence-corrected chi connectivity index (χ0v) is 18.0. The van der Waals surface area contributed by atoms with E-state index < -0.39 is 0 Å². The van der Waals surface area contributed by atoms with E-state index in [1.807, 2.05) is 36.4 Å². The molecule has 0 spiro atoms. The molecule has 5 nitrogen and oxygen atoms in total. The molecule has 0 radical (unpaired) electrons. The van der Waals surface area contributed by atoms with E-state index in [2.05, 4.69) is 33.9 Å². The summed E-state index contributed by atoms with van der Waals surface area (Å²) in [6, 6.07) is 15.1. The van der Waals surface area contributed by atoms with E-state index in [1.54, 1.807) is 6.07 Å². The first-order valence-electron chi connectivity index (χ1n) is 10.3. The fourth-order valence-corrected chi connectivity index (χ4v) is 4.71. The number of hydrogen-bond donors (Lipinski definition) is 1. The first-order chi connectivity index (χ1) is 14.6. The molecule has 0 saturated heterocycles. The minimum Gasteiger partial charge on any atom is -0.349 e. The van der Waals surface area contributed by atoms with E-state index in [0.29, 0.717) is 6.42 Å². The molecule has 4 rings (SSSR count). The highest BCUT2D eigenvalue weighted by molar-refractivity contribution is 7.99. The van der Waals surface area contributed by atoms with Gasteiger partial charge in [0, 0.05) is 11.6 Å². The lowest BCUT2D eigenvalue weighted by molar-refractivity contribution is -0.119. The summed E-state index contributed by atoms with van der Waals surface area (Å²) in [4.78, 5) is 12.6. The van der Waals surface area contributed by atoms with Gasteiger partial charge in [-0.3, -0.25) is 9.36 Å². The van der Waals surface area contributed by atoms with E-state index in [1.165, 1.54) is 17.8 Å². The number of aromatic nitrogens is 3. The lowest BCUT2D eigenvalue weighted by atomic mass is 10.1. The van der Waals surface area contributed by atoms with E-state index in [4.69, 9.17) is 0 Å².